The molecule has 4 rings (SSSR count). The molecule has 186 valence electrons. The Morgan fingerprint density at radius 3 is 0.821 bits per heavy atom. The predicted molar refractivity (Wildman–Crippen MR) is 161 cm³/mol. The van der Waals surface area contributed by atoms with Crippen molar-refractivity contribution in [1.29, 1.82) is 15.8 Å². The third-order valence-corrected chi connectivity index (χ3v) is 6.51. The summed E-state index contributed by atoms with van der Waals surface area (Å²) in [6, 6.07) is 30.9. The SMILES string of the molecule is Cc1ccc(/C=C/c2c(C#N)c(/C=C/c3ccc(C)cc3)c(C#N)c(/C=C/c3ccc(C)cc3)c2C#N)cc1. The lowest BCUT2D eigenvalue weighted by atomic mass is 9.86. The van der Waals surface area contributed by atoms with Gasteiger partial charge in [0.2, 0.25) is 0 Å². The molecule has 4 aromatic carbocycles. The van der Waals surface area contributed by atoms with Crippen LogP contribution in [-0.2, 0) is 0 Å². The van der Waals surface area contributed by atoms with E-state index < -0.39 is 0 Å². The summed E-state index contributed by atoms with van der Waals surface area (Å²) in [6.45, 7) is 6.07. The molecule has 0 bridgehead atoms. The summed E-state index contributed by atoms with van der Waals surface area (Å²) in [6.07, 6.45) is 11.1. The van der Waals surface area contributed by atoms with Crippen LogP contribution >= 0.6 is 0 Å². The Morgan fingerprint density at radius 2 is 0.615 bits per heavy atom. The molecule has 4 aromatic rings. The van der Waals surface area contributed by atoms with Gasteiger partial charge in [-0.2, -0.15) is 15.8 Å². The molecule has 0 aromatic heterocycles. The van der Waals surface area contributed by atoms with Crippen molar-refractivity contribution < 1.29 is 0 Å². The van der Waals surface area contributed by atoms with Gasteiger partial charge in [0, 0.05) is 16.7 Å². The molecule has 3 nitrogen and oxygen atoms in total. The van der Waals surface area contributed by atoms with Crippen LogP contribution in [-0.4, -0.2) is 0 Å². The van der Waals surface area contributed by atoms with E-state index in [1.807, 2.05) is 112 Å². The molecule has 0 heterocycles. The third-order valence-electron chi connectivity index (χ3n) is 6.51. The number of benzene rings is 4. The van der Waals surface area contributed by atoms with Gasteiger partial charge >= 0.3 is 0 Å². The lowest BCUT2D eigenvalue weighted by molar-refractivity contribution is 1.37. The van der Waals surface area contributed by atoms with Gasteiger partial charge in [-0.1, -0.05) is 126 Å². The van der Waals surface area contributed by atoms with Gasteiger partial charge in [-0.3, -0.25) is 0 Å². The molecule has 0 atom stereocenters. The average molecular weight is 502 g/mol. The zero-order chi connectivity index (χ0) is 27.8. The Labute approximate surface area is 230 Å². The van der Waals surface area contributed by atoms with E-state index >= 15 is 0 Å². The maximum absolute atomic E-state index is 10.3. The second-order valence-electron chi connectivity index (χ2n) is 9.43. The van der Waals surface area contributed by atoms with E-state index in [0.717, 1.165) is 33.4 Å². The maximum Gasteiger partial charge on any atom is 0.100 e. The van der Waals surface area contributed by atoms with E-state index in [9.17, 15) is 15.8 Å². The first-order valence-electron chi connectivity index (χ1n) is 12.6. The molecular weight excluding hydrogens is 474 g/mol. The summed E-state index contributed by atoms with van der Waals surface area (Å²) >= 11 is 0. The number of nitriles is 3. The highest BCUT2D eigenvalue weighted by atomic mass is 14.3. The van der Waals surface area contributed by atoms with Crippen LogP contribution in [0, 0.1) is 54.8 Å². The molecule has 0 radical (unpaired) electrons. The molecule has 0 fully saturated rings. The summed E-state index contributed by atoms with van der Waals surface area (Å²) in [4.78, 5) is 0. The van der Waals surface area contributed by atoms with Gasteiger partial charge in [-0.05, 0) is 37.5 Å². The fraction of sp³-hybridized carbons (Fsp3) is 0.0833. The van der Waals surface area contributed by atoms with Crippen LogP contribution in [0.4, 0.5) is 0 Å². The summed E-state index contributed by atoms with van der Waals surface area (Å²) in [7, 11) is 0. The Bertz CT molecular complexity index is 1480. The van der Waals surface area contributed by atoms with Crippen molar-refractivity contribution >= 4 is 36.5 Å². The van der Waals surface area contributed by atoms with E-state index in [4.69, 9.17) is 0 Å². The average Bonchev–Trinajstić information content (AvgIpc) is 2.95. The maximum atomic E-state index is 10.3. The van der Waals surface area contributed by atoms with Crippen molar-refractivity contribution in [3.05, 3.63) is 140 Å². The highest BCUT2D eigenvalue weighted by molar-refractivity contribution is 5.90. The first-order valence-corrected chi connectivity index (χ1v) is 12.6. The van der Waals surface area contributed by atoms with Crippen molar-refractivity contribution in [2.45, 2.75) is 20.8 Å². The predicted octanol–water partition coefficient (Wildman–Crippen LogP) is 8.74. The van der Waals surface area contributed by atoms with Gasteiger partial charge in [-0.15, -0.1) is 0 Å². The molecule has 0 spiro atoms. The van der Waals surface area contributed by atoms with E-state index in [1.165, 1.54) is 0 Å². The van der Waals surface area contributed by atoms with E-state index in [0.29, 0.717) is 33.4 Å². The van der Waals surface area contributed by atoms with Crippen molar-refractivity contribution in [3.8, 4) is 18.2 Å². The molecule has 0 aliphatic carbocycles. The number of aryl methyl sites for hydroxylation is 3. The van der Waals surface area contributed by atoms with E-state index in [1.54, 1.807) is 18.2 Å². The third kappa shape index (κ3) is 6.29. The van der Waals surface area contributed by atoms with Crippen molar-refractivity contribution in [3.63, 3.8) is 0 Å². The summed E-state index contributed by atoms with van der Waals surface area (Å²) < 4.78 is 0. The van der Waals surface area contributed by atoms with Crippen LogP contribution in [0.5, 0.6) is 0 Å². The van der Waals surface area contributed by atoms with Gasteiger partial charge < -0.3 is 0 Å². The van der Waals surface area contributed by atoms with Crippen LogP contribution in [0.2, 0.25) is 0 Å². The van der Waals surface area contributed by atoms with Crippen LogP contribution in [0.15, 0.2) is 72.8 Å². The lowest BCUT2D eigenvalue weighted by Crippen LogP contribution is -2.02. The van der Waals surface area contributed by atoms with Gasteiger partial charge in [-0.25, -0.2) is 0 Å². The van der Waals surface area contributed by atoms with Gasteiger partial charge in [0.05, 0.1) is 16.7 Å². The Morgan fingerprint density at radius 1 is 0.385 bits per heavy atom. The van der Waals surface area contributed by atoms with Gasteiger partial charge in [0.25, 0.3) is 0 Å². The lowest BCUT2D eigenvalue weighted by Gasteiger charge is -2.13. The number of rotatable bonds is 6. The number of hydrogen-bond donors (Lipinski definition) is 0. The van der Waals surface area contributed by atoms with Gasteiger partial charge in [0.15, 0.2) is 0 Å². The van der Waals surface area contributed by atoms with E-state index in [-0.39, 0.29) is 0 Å². The minimum absolute atomic E-state index is 0.294. The smallest absolute Gasteiger partial charge is 0.100 e. The highest BCUT2D eigenvalue weighted by Gasteiger charge is 2.20. The molecular formula is C36H27N3. The fourth-order valence-corrected chi connectivity index (χ4v) is 4.24. The molecule has 0 saturated carbocycles. The molecule has 3 heteroatoms. The summed E-state index contributed by atoms with van der Waals surface area (Å²) in [5, 5.41) is 30.8. The molecule has 0 aliphatic rings. The Hall–Kier alpha value is -5.43. The van der Waals surface area contributed by atoms with E-state index in [2.05, 4.69) is 18.2 Å². The summed E-state index contributed by atoms with van der Waals surface area (Å²) in [5.41, 5.74) is 8.65. The van der Waals surface area contributed by atoms with Gasteiger partial charge in [0.1, 0.15) is 18.2 Å². The largest absolute Gasteiger partial charge is 0.192 e. The standard InChI is InChI=1S/C36H27N3/c1-25-4-10-28(11-5-25)16-19-31-34(22-37)32(20-17-29-12-6-26(2)7-13-29)36(24-39)33(35(31)23-38)21-18-30-14-8-27(3)9-15-30/h4-21H,1-3H3/b19-16+,20-17+,21-18+. The highest BCUT2D eigenvalue weighted by Crippen LogP contribution is 2.32. The first kappa shape index (κ1) is 26.6. The van der Waals surface area contributed by atoms with Crippen LogP contribution in [0.3, 0.4) is 0 Å². The molecule has 0 aliphatic heterocycles. The number of hydrogen-bond acceptors (Lipinski definition) is 3. The first-order chi connectivity index (χ1) is 18.9. The van der Waals surface area contributed by atoms with Crippen molar-refractivity contribution in [2.75, 3.05) is 0 Å². The van der Waals surface area contributed by atoms with Crippen molar-refractivity contribution in [2.24, 2.45) is 0 Å². The van der Waals surface area contributed by atoms with Crippen molar-refractivity contribution in [1.82, 2.24) is 0 Å². The van der Waals surface area contributed by atoms with Crippen LogP contribution in [0.25, 0.3) is 36.5 Å². The molecule has 0 unspecified atom stereocenters. The zero-order valence-corrected chi connectivity index (χ0v) is 22.2. The second-order valence-corrected chi connectivity index (χ2v) is 9.43. The monoisotopic (exact) mass is 501 g/mol. The number of nitrogens with zero attached hydrogens (tertiary/aromatic N) is 3. The Kier molecular flexibility index (Phi) is 8.33. The molecule has 0 amide bonds. The summed E-state index contributed by atoms with van der Waals surface area (Å²) in [5.74, 6) is 0. The topological polar surface area (TPSA) is 71.4 Å². The zero-order valence-electron chi connectivity index (χ0n) is 22.2. The Balaban J connectivity index is 1.96. The fourth-order valence-electron chi connectivity index (χ4n) is 4.24. The van der Waals surface area contributed by atoms with Crippen LogP contribution < -0.4 is 0 Å². The minimum atomic E-state index is 0.294. The molecule has 0 N–H and O–H groups in total. The second kappa shape index (κ2) is 12.2. The van der Waals surface area contributed by atoms with Crippen LogP contribution in [0.1, 0.15) is 66.8 Å². The minimum Gasteiger partial charge on any atom is -0.192 e. The quantitative estimate of drug-likeness (QED) is 0.248. The molecule has 39 heavy (non-hydrogen) atoms. The molecule has 0 saturated heterocycles. The normalized spacial score (nSPS) is 11.1.